The summed E-state index contributed by atoms with van der Waals surface area (Å²) in [5, 5.41) is 10.1. The predicted octanol–water partition coefficient (Wildman–Crippen LogP) is 2.09. The first-order valence-corrected chi connectivity index (χ1v) is 6.26. The highest BCUT2D eigenvalue weighted by Gasteiger charge is 2.12. The Morgan fingerprint density at radius 3 is 2.70 bits per heavy atom. The normalized spacial score (nSPS) is 11.5. The van der Waals surface area contributed by atoms with E-state index in [1.54, 1.807) is 17.1 Å². The standard InChI is InChI=1S/C14H18N4O.ClH/c1-11(8-15-2)14(19)17-12-9-16-18(10-12)13-6-4-3-5-7-13;/h3-7,9-11,15H,8H2,1-2H3,(H,17,19);1H. The summed E-state index contributed by atoms with van der Waals surface area (Å²) in [5.74, 6) is -0.0907. The molecule has 0 aliphatic rings. The number of carbonyl (C=O) groups is 1. The smallest absolute Gasteiger partial charge is 0.228 e. The summed E-state index contributed by atoms with van der Waals surface area (Å²) in [6, 6.07) is 9.77. The van der Waals surface area contributed by atoms with Gasteiger partial charge in [-0.3, -0.25) is 4.79 Å². The van der Waals surface area contributed by atoms with Gasteiger partial charge in [0.1, 0.15) is 0 Å². The van der Waals surface area contributed by atoms with E-state index in [1.165, 1.54) is 0 Å². The number of amides is 1. The molecule has 0 saturated carbocycles. The van der Waals surface area contributed by atoms with Crippen molar-refractivity contribution < 1.29 is 4.79 Å². The number of nitrogens with zero attached hydrogens (tertiary/aromatic N) is 2. The Labute approximate surface area is 124 Å². The van der Waals surface area contributed by atoms with Crippen molar-refractivity contribution in [1.82, 2.24) is 15.1 Å². The first-order chi connectivity index (χ1) is 9.20. The lowest BCUT2D eigenvalue weighted by molar-refractivity contribution is -0.119. The van der Waals surface area contributed by atoms with E-state index in [9.17, 15) is 4.79 Å². The number of anilines is 1. The van der Waals surface area contributed by atoms with Crippen LogP contribution in [0.1, 0.15) is 6.92 Å². The van der Waals surface area contributed by atoms with E-state index in [-0.39, 0.29) is 24.2 Å². The second kappa shape index (κ2) is 7.67. The quantitative estimate of drug-likeness (QED) is 0.888. The minimum absolute atomic E-state index is 0. The van der Waals surface area contributed by atoms with Crippen molar-refractivity contribution in [2.45, 2.75) is 6.92 Å². The highest BCUT2D eigenvalue weighted by molar-refractivity contribution is 5.92. The average molecular weight is 295 g/mol. The van der Waals surface area contributed by atoms with Gasteiger partial charge in [0.15, 0.2) is 0 Å². The molecule has 2 N–H and O–H groups in total. The van der Waals surface area contributed by atoms with Gasteiger partial charge < -0.3 is 10.6 Å². The number of aromatic nitrogens is 2. The zero-order valence-corrected chi connectivity index (χ0v) is 12.4. The number of benzene rings is 1. The van der Waals surface area contributed by atoms with Gasteiger partial charge in [-0.05, 0) is 19.2 Å². The summed E-state index contributed by atoms with van der Waals surface area (Å²) in [5.41, 5.74) is 1.67. The van der Waals surface area contributed by atoms with Gasteiger partial charge in [0.25, 0.3) is 0 Å². The van der Waals surface area contributed by atoms with Crippen LogP contribution in [-0.4, -0.2) is 29.3 Å². The van der Waals surface area contributed by atoms with Crippen LogP contribution >= 0.6 is 12.4 Å². The number of rotatable bonds is 5. The monoisotopic (exact) mass is 294 g/mol. The molecular weight excluding hydrogens is 276 g/mol. The molecule has 0 saturated heterocycles. The van der Waals surface area contributed by atoms with Crippen LogP contribution in [0.5, 0.6) is 0 Å². The van der Waals surface area contributed by atoms with E-state index < -0.39 is 0 Å². The summed E-state index contributed by atoms with van der Waals surface area (Å²) in [6.07, 6.45) is 3.45. The van der Waals surface area contributed by atoms with E-state index in [2.05, 4.69) is 15.7 Å². The number of hydrogen-bond acceptors (Lipinski definition) is 3. The molecule has 0 aliphatic carbocycles. The molecule has 2 aromatic rings. The van der Waals surface area contributed by atoms with Gasteiger partial charge in [0.2, 0.25) is 5.91 Å². The predicted molar refractivity (Wildman–Crippen MR) is 82.5 cm³/mol. The Morgan fingerprint density at radius 2 is 2.05 bits per heavy atom. The zero-order valence-electron chi connectivity index (χ0n) is 11.5. The molecule has 2 rings (SSSR count). The van der Waals surface area contributed by atoms with Gasteiger partial charge in [-0.25, -0.2) is 4.68 Å². The molecule has 1 aromatic carbocycles. The molecule has 0 bridgehead atoms. The van der Waals surface area contributed by atoms with Crippen LogP contribution in [0.3, 0.4) is 0 Å². The van der Waals surface area contributed by atoms with E-state index in [0.29, 0.717) is 12.2 Å². The molecule has 0 spiro atoms. The van der Waals surface area contributed by atoms with Crippen LogP contribution in [0.25, 0.3) is 5.69 Å². The van der Waals surface area contributed by atoms with Gasteiger partial charge in [-0.2, -0.15) is 5.10 Å². The summed E-state index contributed by atoms with van der Waals surface area (Å²) >= 11 is 0. The van der Waals surface area contributed by atoms with E-state index in [4.69, 9.17) is 0 Å². The SMILES string of the molecule is CNCC(C)C(=O)Nc1cnn(-c2ccccc2)c1.Cl. The Hall–Kier alpha value is -1.85. The summed E-state index contributed by atoms with van der Waals surface area (Å²) in [7, 11) is 1.83. The van der Waals surface area contributed by atoms with E-state index in [1.807, 2.05) is 44.3 Å². The van der Waals surface area contributed by atoms with Crippen LogP contribution < -0.4 is 10.6 Å². The zero-order chi connectivity index (χ0) is 13.7. The van der Waals surface area contributed by atoms with Crippen molar-refractivity contribution in [2.24, 2.45) is 5.92 Å². The van der Waals surface area contributed by atoms with Gasteiger partial charge in [0.05, 0.1) is 23.8 Å². The third-order valence-electron chi connectivity index (χ3n) is 2.83. The molecule has 5 nitrogen and oxygen atoms in total. The fourth-order valence-electron chi connectivity index (χ4n) is 1.77. The molecule has 0 fully saturated rings. The Morgan fingerprint density at radius 1 is 1.35 bits per heavy atom. The second-order valence-electron chi connectivity index (χ2n) is 4.46. The van der Waals surface area contributed by atoms with Crippen LogP contribution in [-0.2, 0) is 4.79 Å². The van der Waals surface area contributed by atoms with Crippen molar-refractivity contribution in [3.8, 4) is 5.69 Å². The molecule has 1 aromatic heterocycles. The molecule has 0 aliphatic heterocycles. The van der Waals surface area contributed by atoms with Crippen molar-refractivity contribution in [1.29, 1.82) is 0 Å². The minimum atomic E-state index is -0.0786. The van der Waals surface area contributed by atoms with Gasteiger partial charge in [0, 0.05) is 12.5 Å². The van der Waals surface area contributed by atoms with Gasteiger partial charge >= 0.3 is 0 Å². The molecule has 6 heteroatoms. The van der Waals surface area contributed by atoms with Crippen LogP contribution in [0.4, 0.5) is 5.69 Å². The van der Waals surface area contributed by atoms with Crippen LogP contribution in [0, 0.1) is 5.92 Å². The largest absolute Gasteiger partial charge is 0.323 e. The first kappa shape index (κ1) is 16.2. The van der Waals surface area contributed by atoms with E-state index >= 15 is 0 Å². The molecule has 0 radical (unpaired) electrons. The Kier molecular flexibility index (Phi) is 6.21. The van der Waals surface area contributed by atoms with Crippen LogP contribution in [0.15, 0.2) is 42.7 Å². The summed E-state index contributed by atoms with van der Waals surface area (Å²) in [4.78, 5) is 11.9. The third kappa shape index (κ3) is 4.08. The number of para-hydroxylation sites is 1. The minimum Gasteiger partial charge on any atom is -0.323 e. The molecule has 1 unspecified atom stereocenters. The number of halogens is 1. The second-order valence-corrected chi connectivity index (χ2v) is 4.46. The highest BCUT2D eigenvalue weighted by Crippen LogP contribution is 2.12. The number of carbonyl (C=O) groups excluding carboxylic acids is 1. The van der Waals surface area contributed by atoms with Gasteiger partial charge in [-0.15, -0.1) is 12.4 Å². The van der Waals surface area contributed by atoms with Crippen molar-refractivity contribution in [3.63, 3.8) is 0 Å². The Balaban J connectivity index is 0.00000200. The maximum Gasteiger partial charge on any atom is 0.228 e. The van der Waals surface area contributed by atoms with E-state index in [0.717, 1.165) is 5.69 Å². The lowest BCUT2D eigenvalue weighted by Gasteiger charge is -2.09. The highest BCUT2D eigenvalue weighted by atomic mass is 35.5. The topological polar surface area (TPSA) is 59.0 Å². The van der Waals surface area contributed by atoms with Crippen LogP contribution in [0.2, 0.25) is 0 Å². The lowest BCUT2D eigenvalue weighted by Crippen LogP contribution is -2.28. The molecule has 20 heavy (non-hydrogen) atoms. The van der Waals surface area contributed by atoms with Gasteiger partial charge in [-0.1, -0.05) is 25.1 Å². The maximum atomic E-state index is 11.9. The average Bonchev–Trinajstić information content (AvgIpc) is 2.88. The molecule has 1 amide bonds. The number of hydrogen-bond donors (Lipinski definition) is 2. The lowest BCUT2D eigenvalue weighted by atomic mass is 10.1. The Bertz CT molecular complexity index is 541. The fraction of sp³-hybridized carbons (Fsp3) is 0.286. The maximum absolute atomic E-state index is 11.9. The molecular formula is C14H19ClN4O. The van der Waals surface area contributed by atoms with Crippen molar-refractivity contribution in [3.05, 3.63) is 42.7 Å². The first-order valence-electron chi connectivity index (χ1n) is 6.26. The van der Waals surface area contributed by atoms with Crippen molar-refractivity contribution in [2.75, 3.05) is 18.9 Å². The molecule has 108 valence electrons. The molecule has 1 atom stereocenters. The molecule has 1 heterocycles. The summed E-state index contributed by atoms with van der Waals surface area (Å²) in [6.45, 7) is 2.53. The third-order valence-corrected chi connectivity index (χ3v) is 2.83. The van der Waals surface area contributed by atoms with Crippen molar-refractivity contribution >= 4 is 24.0 Å². The summed E-state index contributed by atoms with van der Waals surface area (Å²) < 4.78 is 1.73. The fourth-order valence-corrected chi connectivity index (χ4v) is 1.77. The number of nitrogens with one attached hydrogen (secondary N) is 2.